The molecule has 1 aromatic heterocycles. The largest absolute Gasteiger partial charge is 0.356 e. The maximum Gasteiger partial charge on any atom is 0.191 e. The summed E-state index contributed by atoms with van der Waals surface area (Å²) in [5.41, 5.74) is 1.32. The summed E-state index contributed by atoms with van der Waals surface area (Å²) in [6, 6.07) is 11.3. The first kappa shape index (κ1) is 18.1. The predicted octanol–water partition coefficient (Wildman–Crippen LogP) is 3.76. The molecule has 0 atom stereocenters. The third-order valence-electron chi connectivity index (χ3n) is 4.47. The summed E-state index contributed by atoms with van der Waals surface area (Å²) in [4.78, 5) is 4.32. The van der Waals surface area contributed by atoms with Crippen LogP contribution in [-0.4, -0.2) is 30.2 Å². The highest BCUT2D eigenvalue weighted by atomic mass is 127. The van der Waals surface area contributed by atoms with Gasteiger partial charge in [0.05, 0.1) is 0 Å². The van der Waals surface area contributed by atoms with Gasteiger partial charge in [-0.1, -0.05) is 31.0 Å². The monoisotopic (exact) mass is 426 g/mol. The van der Waals surface area contributed by atoms with Crippen molar-refractivity contribution in [2.24, 2.45) is 4.99 Å². The number of aromatic nitrogens is 1. The molecular weight excluding hydrogens is 399 g/mol. The molecule has 1 aromatic carbocycles. The summed E-state index contributed by atoms with van der Waals surface area (Å²) in [5.74, 6) is 0.948. The summed E-state index contributed by atoms with van der Waals surface area (Å²) < 4.78 is 2.32. The van der Waals surface area contributed by atoms with E-state index in [-0.39, 0.29) is 24.0 Å². The fourth-order valence-corrected chi connectivity index (χ4v) is 3.25. The molecule has 0 unspecified atom stereocenters. The summed E-state index contributed by atoms with van der Waals surface area (Å²) in [6.07, 6.45) is 8.50. The third-order valence-corrected chi connectivity index (χ3v) is 4.47. The molecule has 1 aliphatic rings. The Balaban J connectivity index is 0.00000192. The predicted molar refractivity (Wildman–Crippen MR) is 109 cm³/mol. The average molecular weight is 426 g/mol. The third kappa shape index (κ3) is 4.86. The smallest absolute Gasteiger partial charge is 0.191 e. The van der Waals surface area contributed by atoms with Gasteiger partial charge < -0.3 is 15.2 Å². The van der Waals surface area contributed by atoms with Crippen LogP contribution in [0.15, 0.2) is 41.5 Å². The van der Waals surface area contributed by atoms with Gasteiger partial charge in [0.2, 0.25) is 0 Å². The van der Waals surface area contributed by atoms with E-state index in [1.54, 1.807) is 0 Å². The number of hydrogen-bond acceptors (Lipinski definition) is 1. The SMILES string of the molecule is CN=C(NCCCn1ccc2ccccc21)NC1CCCC1.I. The Morgan fingerprint density at radius 2 is 2.00 bits per heavy atom. The van der Waals surface area contributed by atoms with E-state index in [4.69, 9.17) is 0 Å². The number of nitrogens with one attached hydrogen (secondary N) is 2. The van der Waals surface area contributed by atoms with Crippen LogP contribution < -0.4 is 10.6 Å². The van der Waals surface area contributed by atoms with Crippen molar-refractivity contribution in [3.05, 3.63) is 36.5 Å². The number of nitrogens with zero attached hydrogens (tertiary/aromatic N) is 2. The van der Waals surface area contributed by atoms with Gasteiger partial charge >= 0.3 is 0 Å². The van der Waals surface area contributed by atoms with E-state index in [2.05, 4.69) is 56.7 Å². The van der Waals surface area contributed by atoms with Gasteiger partial charge in [0.25, 0.3) is 0 Å². The van der Waals surface area contributed by atoms with Gasteiger partial charge in [-0.2, -0.15) is 0 Å². The number of aryl methyl sites for hydroxylation is 1. The molecule has 2 N–H and O–H groups in total. The maximum atomic E-state index is 4.32. The number of halogens is 1. The second-order valence-corrected chi connectivity index (χ2v) is 6.05. The van der Waals surface area contributed by atoms with E-state index >= 15 is 0 Å². The lowest BCUT2D eigenvalue weighted by atomic mass is 10.2. The van der Waals surface area contributed by atoms with E-state index in [9.17, 15) is 0 Å². The van der Waals surface area contributed by atoms with Crippen LogP contribution >= 0.6 is 24.0 Å². The molecule has 23 heavy (non-hydrogen) atoms. The zero-order chi connectivity index (χ0) is 15.2. The number of rotatable bonds is 5. The molecule has 0 amide bonds. The standard InChI is InChI=1S/C18H26N4.HI/c1-19-18(21-16-8-3-4-9-16)20-12-6-13-22-14-11-15-7-2-5-10-17(15)22;/h2,5,7,10-11,14,16H,3-4,6,8-9,12-13H2,1H3,(H2,19,20,21);1H. The topological polar surface area (TPSA) is 41.4 Å². The van der Waals surface area contributed by atoms with Gasteiger partial charge in [-0.15, -0.1) is 24.0 Å². The average Bonchev–Trinajstić information content (AvgIpc) is 3.20. The molecular formula is C18H27IN4. The minimum absolute atomic E-state index is 0. The summed E-state index contributed by atoms with van der Waals surface area (Å²) >= 11 is 0. The van der Waals surface area contributed by atoms with Crippen molar-refractivity contribution in [2.75, 3.05) is 13.6 Å². The number of aliphatic imine (C=N–C) groups is 1. The van der Waals surface area contributed by atoms with Crippen LogP contribution in [0.4, 0.5) is 0 Å². The zero-order valence-electron chi connectivity index (χ0n) is 13.8. The molecule has 1 aliphatic carbocycles. The molecule has 3 rings (SSSR count). The molecule has 0 spiro atoms. The lowest BCUT2D eigenvalue weighted by molar-refractivity contribution is 0.599. The lowest BCUT2D eigenvalue weighted by Gasteiger charge is -2.17. The van der Waals surface area contributed by atoms with E-state index in [1.807, 2.05) is 7.05 Å². The summed E-state index contributed by atoms with van der Waals surface area (Å²) in [6.45, 7) is 1.97. The Labute approximate surface area is 155 Å². The minimum Gasteiger partial charge on any atom is -0.356 e. The van der Waals surface area contributed by atoms with Crippen molar-refractivity contribution in [1.29, 1.82) is 0 Å². The highest BCUT2D eigenvalue weighted by Crippen LogP contribution is 2.17. The second kappa shape index (κ2) is 9.15. The number of benzene rings is 1. The molecule has 1 heterocycles. The van der Waals surface area contributed by atoms with Gasteiger partial charge in [0.1, 0.15) is 0 Å². The zero-order valence-corrected chi connectivity index (χ0v) is 16.1. The number of guanidine groups is 1. The van der Waals surface area contributed by atoms with Gasteiger partial charge in [-0.05, 0) is 36.8 Å². The molecule has 1 fully saturated rings. The highest BCUT2D eigenvalue weighted by Gasteiger charge is 2.15. The van der Waals surface area contributed by atoms with Crippen LogP contribution in [0.5, 0.6) is 0 Å². The Hall–Kier alpha value is -1.24. The van der Waals surface area contributed by atoms with Gasteiger partial charge in [0.15, 0.2) is 5.96 Å². The van der Waals surface area contributed by atoms with Crippen molar-refractivity contribution in [1.82, 2.24) is 15.2 Å². The van der Waals surface area contributed by atoms with Crippen LogP contribution in [0.1, 0.15) is 32.1 Å². The first-order chi connectivity index (χ1) is 10.9. The van der Waals surface area contributed by atoms with E-state index in [0.29, 0.717) is 6.04 Å². The van der Waals surface area contributed by atoms with E-state index in [0.717, 1.165) is 25.5 Å². The number of fused-ring (bicyclic) bond motifs is 1. The van der Waals surface area contributed by atoms with Crippen LogP contribution in [0.2, 0.25) is 0 Å². The van der Waals surface area contributed by atoms with Crippen molar-refractivity contribution in [3.63, 3.8) is 0 Å². The fraction of sp³-hybridized carbons (Fsp3) is 0.500. The van der Waals surface area contributed by atoms with Crippen molar-refractivity contribution in [2.45, 2.75) is 44.7 Å². The molecule has 0 aliphatic heterocycles. The quantitative estimate of drug-likeness (QED) is 0.331. The fourth-order valence-electron chi connectivity index (χ4n) is 3.25. The van der Waals surface area contributed by atoms with Gasteiger partial charge in [-0.25, -0.2) is 0 Å². The van der Waals surface area contributed by atoms with E-state index < -0.39 is 0 Å². The molecule has 5 heteroatoms. The van der Waals surface area contributed by atoms with Crippen LogP contribution in [0.25, 0.3) is 10.9 Å². The Morgan fingerprint density at radius 1 is 1.22 bits per heavy atom. The molecule has 2 aromatic rings. The van der Waals surface area contributed by atoms with Crippen molar-refractivity contribution < 1.29 is 0 Å². The lowest BCUT2D eigenvalue weighted by Crippen LogP contribution is -2.42. The molecule has 1 saturated carbocycles. The molecule has 0 bridgehead atoms. The number of para-hydroxylation sites is 1. The highest BCUT2D eigenvalue weighted by molar-refractivity contribution is 14.0. The Bertz CT molecular complexity index is 629. The van der Waals surface area contributed by atoms with Crippen molar-refractivity contribution >= 4 is 40.8 Å². The first-order valence-corrected chi connectivity index (χ1v) is 8.38. The summed E-state index contributed by atoms with van der Waals surface area (Å²) in [7, 11) is 1.85. The minimum atomic E-state index is 0. The maximum absolute atomic E-state index is 4.32. The summed E-state index contributed by atoms with van der Waals surface area (Å²) in [5, 5.41) is 8.27. The van der Waals surface area contributed by atoms with Crippen molar-refractivity contribution in [3.8, 4) is 0 Å². The molecule has 126 valence electrons. The van der Waals surface area contributed by atoms with Crippen LogP contribution in [0, 0.1) is 0 Å². The number of hydrogen-bond donors (Lipinski definition) is 2. The first-order valence-electron chi connectivity index (χ1n) is 8.38. The van der Waals surface area contributed by atoms with Crippen LogP contribution in [-0.2, 0) is 6.54 Å². The molecule has 4 nitrogen and oxygen atoms in total. The van der Waals surface area contributed by atoms with Gasteiger partial charge in [-0.3, -0.25) is 4.99 Å². The normalized spacial score (nSPS) is 15.6. The molecule has 0 radical (unpaired) electrons. The Morgan fingerprint density at radius 3 is 2.78 bits per heavy atom. The second-order valence-electron chi connectivity index (χ2n) is 6.05. The van der Waals surface area contributed by atoms with Gasteiger partial charge in [0, 0.05) is 37.9 Å². The molecule has 0 saturated heterocycles. The Kier molecular flexibility index (Phi) is 7.20. The van der Waals surface area contributed by atoms with E-state index in [1.165, 1.54) is 36.6 Å². The van der Waals surface area contributed by atoms with Crippen LogP contribution in [0.3, 0.4) is 0 Å².